The third-order valence-corrected chi connectivity index (χ3v) is 3.67. The van der Waals surface area contributed by atoms with Crippen molar-refractivity contribution >= 4 is 11.9 Å². The van der Waals surface area contributed by atoms with Gasteiger partial charge in [0.2, 0.25) is 5.95 Å². The van der Waals surface area contributed by atoms with Crippen LogP contribution >= 0.6 is 0 Å². The summed E-state index contributed by atoms with van der Waals surface area (Å²) in [4.78, 5) is 24.6. The second-order valence-electron chi connectivity index (χ2n) is 5.61. The van der Waals surface area contributed by atoms with Gasteiger partial charge in [0, 0.05) is 31.7 Å². The molecule has 2 N–H and O–H groups in total. The Labute approximate surface area is 150 Å². The number of pyridine rings is 1. The third kappa shape index (κ3) is 5.07. The lowest BCUT2D eigenvalue weighted by Crippen LogP contribution is -2.24. The van der Waals surface area contributed by atoms with E-state index in [2.05, 4.69) is 25.6 Å². The summed E-state index contributed by atoms with van der Waals surface area (Å²) in [6.45, 7) is 0.955. The van der Waals surface area contributed by atoms with Crippen LogP contribution in [0.1, 0.15) is 21.6 Å². The van der Waals surface area contributed by atoms with Crippen molar-refractivity contribution in [1.82, 2.24) is 20.3 Å². The van der Waals surface area contributed by atoms with Crippen LogP contribution < -0.4 is 10.6 Å². The van der Waals surface area contributed by atoms with Crippen LogP contribution in [0.25, 0.3) is 0 Å². The first-order valence-corrected chi connectivity index (χ1v) is 8.19. The molecule has 6 nitrogen and oxygen atoms in total. The van der Waals surface area contributed by atoms with Crippen LogP contribution in [0.4, 0.5) is 10.3 Å². The largest absolute Gasteiger partial charge is 0.354 e. The van der Waals surface area contributed by atoms with Crippen LogP contribution in [-0.2, 0) is 13.0 Å². The molecule has 132 valence electrons. The Morgan fingerprint density at radius 2 is 1.88 bits per heavy atom. The van der Waals surface area contributed by atoms with Crippen LogP contribution in [0.5, 0.6) is 0 Å². The predicted octanol–water partition coefficient (Wildman–Crippen LogP) is 2.60. The van der Waals surface area contributed by atoms with Crippen LogP contribution in [0, 0.1) is 5.82 Å². The highest BCUT2D eigenvalue weighted by Crippen LogP contribution is 2.05. The minimum atomic E-state index is -0.280. The summed E-state index contributed by atoms with van der Waals surface area (Å²) in [7, 11) is 0. The van der Waals surface area contributed by atoms with Gasteiger partial charge in [0.15, 0.2) is 0 Å². The number of amides is 1. The molecule has 0 aliphatic carbocycles. The van der Waals surface area contributed by atoms with Gasteiger partial charge in [0.1, 0.15) is 11.5 Å². The van der Waals surface area contributed by atoms with Crippen LogP contribution in [0.2, 0.25) is 0 Å². The van der Waals surface area contributed by atoms with E-state index >= 15 is 0 Å². The van der Waals surface area contributed by atoms with E-state index in [1.807, 2.05) is 12.1 Å². The van der Waals surface area contributed by atoms with Gasteiger partial charge in [-0.3, -0.25) is 9.78 Å². The topological polar surface area (TPSA) is 79.8 Å². The number of carbonyl (C=O) groups is 1. The van der Waals surface area contributed by atoms with Crippen molar-refractivity contribution in [3.8, 4) is 0 Å². The first kappa shape index (κ1) is 17.5. The first-order chi connectivity index (χ1) is 12.7. The summed E-state index contributed by atoms with van der Waals surface area (Å²) < 4.78 is 12.9. The second-order valence-corrected chi connectivity index (χ2v) is 5.61. The molecule has 0 aliphatic heterocycles. The maximum atomic E-state index is 12.9. The van der Waals surface area contributed by atoms with Gasteiger partial charge in [0.05, 0.1) is 0 Å². The van der Waals surface area contributed by atoms with Crippen LogP contribution in [0.15, 0.2) is 61.1 Å². The van der Waals surface area contributed by atoms with Crippen LogP contribution in [0.3, 0.4) is 0 Å². The maximum absolute atomic E-state index is 12.9. The fraction of sp³-hybridized carbons (Fsp3) is 0.158. The van der Waals surface area contributed by atoms with Crippen molar-refractivity contribution in [2.75, 3.05) is 11.9 Å². The lowest BCUT2D eigenvalue weighted by atomic mass is 10.1. The van der Waals surface area contributed by atoms with Gasteiger partial charge in [-0.25, -0.2) is 14.4 Å². The fourth-order valence-corrected chi connectivity index (χ4v) is 2.32. The van der Waals surface area contributed by atoms with Gasteiger partial charge in [-0.2, -0.15) is 0 Å². The van der Waals surface area contributed by atoms with E-state index in [4.69, 9.17) is 0 Å². The molecule has 0 radical (unpaired) electrons. The summed E-state index contributed by atoms with van der Waals surface area (Å²) in [5.74, 6) is -0.158. The zero-order chi connectivity index (χ0) is 18.2. The van der Waals surface area contributed by atoms with E-state index in [1.165, 1.54) is 18.3 Å². The molecule has 0 spiro atoms. The van der Waals surface area contributed by atoms with Gasteiger partial charge < -0.3 is 10.6 Å². The summed E-state index contributed by atoms with van der Waals surface area (Å²) in [5, 5.41) is 5.87. The number of benzene rings is 1. The van der Waals surface area contributed by atoms with E-state index in [1.54, 1.807) is 30.6 Å². The Morgan fingerprint density at radius 3 is 2.65 bits per heavy atom. The molecule has 0 saturated carbocycles. The van der Waals surface area contributed by atoms with Crippen molar-refractivity contribution in [1.29, 1.82) is 0 Å². The minimum Gasteiger partial charge on any atom is -0.354 e. The molecule has 1 amide bonds. The number of anilines is 1. The summed E-state index contributed by atoms with van der Waals surface area (Å²) in [6.07, 6.45) is 5.61. The lowest BCUT2D eigenvalue weighted by molar-refractivity contribution is 0.0946. The first-order valence-electron chi connectivity index (χ1n) is 8.19. The number of rotatable bonds is 7. The van der Waals surface area contributed by atoms with Crippen LogP contribution in [-0.4, -0.2) is 27.4 Å². The highest BCUT2D eigenvalue weighted by Gasteiger charge is 2.08. The van der Waals surface area contributed by atoms with E-state index in [0.29, 0.717) is 25.5 Å². The third-order valence-electron chi connectivity index (χ3n) is 3.67. The number of nitrogens with one attached hydrogen (secondary N) is 2. The zero-order valence-electron chi connectivity index (χ0n) is 14.0. The summed E-state index contributed by atoms with van der Waals surface area (Å²) in [5.41, 5.74) is 2.20. The number of halogens is 1. The van der Waals surface area contributed by atoms with E-state index in [0.717, 1.165) is 11.1 Å². The number of aromatic nitrogens is 3. The average molecular weight is 351 g/mol. The highest BCUT2D eigenvalue weighted by molar-refractivity contribution is 5.92. The Kier molecular flexibility index (Phi) is 5.82. The fourth-order valence-electron chi connectivity index (χ4n) is 2.32. The molecule has 2 heterocycles. The molecule has 2 aromatic heterocycles. The second kappa shape index (κ2) is 8.66. The molecule has 0 fully saturated rings. The van der Waals surface area contributed by atoms with Crippen molar-refractivity contribution in [3.05, 3.63) is 83.7 Å². The SMILES string of the molecule is O=C(NCc1cccnc1)c1ccnc(NCCc2ccc(F)cc2)n1. The van der Waals surface area contributed by atoms with Gasteiger partial charge in [-0.15, -0.1) is 0 Å². The number of hydrogen-bond acceptors (Lipinski definition) is 5. The molecule has 1 aromatic carbocycles. The maximum Gasteiger partial charge on any atom is 0.270 e. The zero-order valence-corrected chi connectivity index (χ0v) is 14.0. The molecule has 26 heavy (non-hydrogen) atoms. The summed E-state index contributed by atoms with van der Waals surface area (Å²) in [6, 6.07) is 11.6. The average Bonchev–Trinajstić information content (AvgIpc) is 2.69. The van der Waals surface area contributed by atoms with Gasteiger partial charge in [0.25, 0.3) is 5.91 Å². The molecule has 3 rings (SSSR count). The quantitative estimate of drug-likeness (QED) is 0.684. The molecule has 0 saturated heterocycles. The minimum absolute atomic E-state index is 0.255. The smallest absolute Gasteiger partial charge is 0.270 e. The molecule has 0 bridgehead atoms. The Bertz CT molecular complexity index is 855. The molecular formula is C19H18FN5O. The molecule has 7 heteroatoms. The van der Waals surface area contributed by atoms with Gasteiger partial charge in [-0.1, -0.05) is 18.2 Å². The number of carbonyl (C=O) groups excluding carboxylic acids is 1. The van der Waals surface area contributed by atoms with E-state index < -0.39 is 0 Å². The Morgan fingerprint density at radius 1 is 1.04 bits per heavy atom. The Hall–Kier alpha value is -3.35. The van der Waals surface area contributed by atoms with Crippen molar-refractivity contribution < 1.29 is 9.18 Å². The Balaban J connectivity index is 1.52. The molecular weight excluding hydrogens is 333 g/mol. The standard InChI is InChI=1S/C19H18FN5O/c20-16-5-3-14(4-6-16)7-10-22-19-23-11-8-17(25-19)18(26)24-13-15-2-1-9-21-12-15/h1-6,8-9,11-12H,7,10,13H2,(H,24,26)(H,22,23,25). The molecule has 0 atom stereocenters. The number of nitrogens with zero attached hydrogens (tertiary/aromatic N) is 3. The lowest BCUT2D eigenvalue weighted by Gasteiger charge is -2.07. The monoisotopic (exact) mass is 351 g/mol. The molecule has 0 unspecified atom stereocenters. The highest BCUT2D eigenvalue weighted by atomic mass is 19.1. The van der Waals surface area contributed by atoms with Crippen molar-refractivity contribution in [3.63, 3.8) is 0 Å². The normalized spacial score (nSPS) is 10.3. The van der Waals surface area contributed by atoms with Gasteiger partial charge >= 0.3 is 0 Å². The van der Waals surface area contributed by atoms with Crippen molar-refractivity contribution in [2.45, 2.75) is 13.0 Å². The molecule has 3 aromatic rings. The number of hydrogen-bond donors (Lipinski definition) is 2. The summed E-state index contributed by atoms with van der Waals surface area (Å²) >= 11 is 0. The van der Waals surface area contributed by atoms with E-state index in [-0.39, 0.29) is 17.4 Å². The molecule has 0 aliphatic rings. The van der Waals surface area contributed by atoms with E-state index in [9.17, 15) is 9.18 Å². The van der Waals surface area contributed by atoms with Crippen molar-refractivity contribution in [2.24, 2.45) is 0 Å². The predicted molar refractivity (Wildman–Crippen MR) is 96.0 cm³/mol. The van der Waals surface area contributed by atoms with Gasteiger partial charge in [-0.05, 0) is 41.8 Å².